The standard InChI is InChI=1S/C22H33F3N2O4/c1-27(2,3)14-17(13-20(29)30)26-19(28)9-7-5-4-6-8-12-31-15-16-10-11-18(23)22(25)21(16)24/h10-11,17H,4-9,12-15H2,1-3H3,(H-,26,28,29,30)/t17-/m1/s1. The van der Waals surface area contributed by atoms with Crippen LogP contribution in [0.25, 0.3) is 0 Å². The van der Waals surface area contributed by atoms with Crippen molar-refractivity contribution >= 4 is 11.9 Å². The van der Waals surface area contributed by atoms with Crippen molar-refractivity contribution in [2.24, 2.45) is 0 Å². The van der Waals surface area contributed by atoms with Crippen LogP contribution in [0.3, 0.4) is 0 Å². The number of hydrogen-bond acceptors (Lipinski definition) is 4. The molecule has 31 heavy (non-hydrogen) atoms. The number of aliphatic carboxylic acids is 1. The molecular formula is C22H33F3N2O4. The summed E-state index contributed by atoms with van der Waals surface area (Å²) in [6.07, 6.45) is 4.12. The van der Waals surface area contributed by atoms with Gasteiger partial charge in [-0.05, 0) is 18.9 Å². The second-order valence-corrected chi connectivity index (χ2v) is 8.72. The molecule has 1 amide bonds. The van der Waals surface area contributed by atoms with Crippen molar-refractivity contribution < 1.29 is 37.1 Å². The number of carbonyl (C=O) groups excluding carboxylic acids is 2. The summed E-state index contributed by atoms with van der Waals surface area (Å²) in [7, 11) is 5.77. The van der Waals surface area contributed by atoms with Gasteiger partial charge < -0.3 is 24.4 Å². The smallest absolute Gasteiger partial charge is 0.220 e. The molecule has 1 rings (SSSR count). The number of carboxylic acids is 1. The number of amides is 1. The predicted octanol–water partition coefficient (Wildman–Crippen LogP) is 2.29. The van der Waals surface area contributed by atoms with Crippen molar-refractivity contribution in [2.45, 2.75) is 57.6 Å². The first-order valence-electron chi connectivity index (χ1n) is 10.5. The van der Waals surface area contributed by atoms with Gasteiger partial charge in [0.1, 0.15) is 0 Å². The van der Waals surface area contributed by atoms with Crippen molar-refractivity contribution in [2.75, 3.05) is 34.3 Å². The van der Waals surface area contributed by atoms with Crippen LogP contribution >= 0.6 is 0 Å². The quantitative estimate of drug-likeness (QED) is 0.255. The number of unbranched alkanes of at least 4 members (excludes halogenated alkanes) is 4. The van der Waals surface area contributed by atoms with Gasteiger partial charge in [0.2, 0.25) is 5.91 Å². The maximum Gasteiger partial charge on any atom is 0.220 e. The van der Waals surface area contributed by atoms with Crippen LogP contribution in [0.15, 0.2) is 12.1 Å². The van der Waals surface area contributed by atoms with Gasteiger partial charge in [0.15, 0.2) is 17.5 Å². The molecule has 0 spiro atoms. The molecule has 1 aromatic carbocycles. The molecule has 9 heteroatoms. The van der Waals surface area contributed by atoms with Gasteiger partial charge >= 0.3 is 0 Å². The molecule has 0 saturated heterocycles. The maximum atomic E-state index is 13.5. The number of likely N-dealkylation sites (N-methyl/N-ethyl adjacent to an activating group) is 1. The normalized spacial score (nSPS) is 12.6. The number of nitrogens with zero attached hydrogens (tertiary/aromatic N) is 1. The van der Waals surface area contributed by atoms with E-state index in [9.17, 15) is 27.9 Å². The SMILES string of the molecule is C[N+](C)(C)C[C@@H](CC(=O)[O-])NC(=O)CCCCCCCOCc1ccc(F)c(F)c1F. The molecule has 6 nitrogen and oxygen atoms in total. The molecule has 0 aliphatic carbocycles. The zero-order valence-corrected chi connectivity index (χ0v) is 18.5. The fourth-order valence-electron chi connectivity index (χ4n) is 3.20. The van der Waals surface area contributed by atoms with Crippen LogP contribution in [-0.2, 0) is 20.9 Å². The van der Waals surface area contributed by atoms with Gasteiger partial charge in [0, 0.05) is 31.0 Å². The monoisotopic (exact) mass is 446 g/mol. The van der Waals surface area contributed by atoms with Gasteiger partial charge in [-0.1, -0.05) is 25.3 Å². The Kier molecular flexibility index (Phi) is 11.6. The Morgan fingerprint density at radius 2 is 1.68 bits per heavy atom. The second-order valence-electron chi connectivity index (χ2n) is 8.72. The van der Waals surface area contributed by atoms with Crippen LogP contribution in [0, 0.1) is 17.5 Å². The van der Waals surface area contributed by atoms with Gasteiger partial charge in [0.05, 0.1) is 40.3 Å². The summed E-state index contributed by atoms with van der Waals surface area (Å²) in [6.45, 7) is 0.743. The van der Waals surface area contributed by atoms with Crippen LogP contribution in [0.5, 0.6) is 0 Å². The lowest BCUT2D eigenvalue weighted by atomic mass is 10.1. The number of quaternary nitrogens is 1. The van der Waals surface area contributed by atoms with Crippen LogP contribution in [-0.4, -0.2) is 56.7 Å². The Balaban J connectivity index is 2.14. The lowest BCUT2D eigenvalue weighted by Gasteiger charge is -2.30. The van der Waals surface area contributed by atoms with Gasteiger partial charge in [-0.3, -0.25) is 4.79 Å². The van der Waals surface area contributed by atoms with Crippen LogP contribution in [0.1, 0.15) is 50.5 Å². The molecule has 0 unspecified atom stereocenters. The molecule has 0 aliphatic heterocycles. The Bertz CT molecular complexity index is 723. The second kappa shape index (κ2) is 13.3. The molecule has 0 radical (unpaired) electrons. The number of carbonyl (C=O) groups is 2. The van der Waals surface area contributed by atoms with Crippen molar-refractivity contribution in [3.8, 4) is 0 Å². The lowest BCUT2D eigenvalue weighted by molar-refractivity contribution is -0.871. The van der Waals surface area contributed by atoms with E-state index in [1.54, 1.807) is 0 Å². The van der Waals surface area contributed by atoms with Crippen molar-refractivity contribution in [3.05, 3.63) is 35.1 Å². The third kappa shape index (κ3) is 11.7. The molecular weight excluding hydrogens is 413 g/mol. The first-order valence-corrected chi connectivity index (χ1v) is 10.5. The summed E-state index contributed by atoms with van der Waals surface area (Å²) < 4.78 is 45.3. The topological polar surface area (TPSA) is 78.5 Å². The van der Waals surface area contributed by atoms with E-state index >= 15 is 0 Å². The lowest BCUT2D eigenvalue weighted by Crippen LogP contribution is -2.50. The highest BCUT2D eigenvalue weighted by atomic mass is 19.2. The van der Waals surface area contributed by atoms with E-state index in [0.29, 0.717) is 30.5 Å². The maximum absolute atomic E-state index is 13.5. The van der Waals surface area contributed by atoms with E-state index in [2.05, 4.69) is 5.32 Å². The minimum Gasteiger partial charge on any atom is -0.550 e. The highest BCUT2D eigenvalue weighted by molar-refractivity contribution is 5.77. The van der Waals surface area contributed by atoms with Crippen molar-refractivity contribution in [1.82, 2.24) is 5.32 Å². The van der Waals surface area contributed by atoms with E-state index < -0.39 is 29.5 Å². The van der Waals surface area contributed by atoms with Crippen LogP contribution < -0.4 is 10.4 Å². The predicted molar refractivity (Wildman–Crippen MR) is 108 cm³/mol. The van der Waals surface area contributed by atoms with E-state index in [1.807, 2.05) is 21.1 Å². The molecule has 0 saturated carbocycles. The van der Waals surface area contributed by atoms with Gasteiger partial charge in [0.25, 0.3) is 0 Å². The van der Waals surface area contributed by atoms with Gasteiger partial charge in [-0.15, -0.1) is 0 Å². The Hall–Kier alpha value is -2.13. The van der Waals surface area contributed by atoms with E-state index in [0.717, 1.165) is 37.8 Å². The molecule has 0 aromatic heterocycles. The summed E-state index contributed by atoms with van der Waals surface area (Å²) >= 11 is 0. The largest absolute Gasteiger partial charge is 0.550 e. The Morgan fingerprint density at radius 3 is 2.32 bits per heavy atom. The summed E-state index contributed by atoms with van der Waals surface area (Å²) in [6, 6.07) is 1.57. The van der Waals surface area contributed by atoms with Crippen LogP contribution in [0.2, 0.25) is 0 Å². The minimum atomic E-state index is -1.49. The fourth-order valence-corrected chi connectivity index (χ4v) is 3.20. The third-order valence-corrected chi connectivity index (χ3v) is 4.61. The molecule has 176 valence electrons. The average molecular weight is 447 g/mol. The fraction of sp³-hybridized carbons (Fsp3) is 0.636. The molecule has 0 aliphatic rings. The van der Waals surface area contributed by atoms with Crippen molar-refractivity contribution in [3.63, 3.8) is 0 Å². The number of hydrogen-bond donors (Lipinski definition) is 1. The summed E-state index contributed by atoms with van der Waals surface area (Å²) in [5, 5.41) is 13.7. The summed E-state index contributed by atoms with van der Waals surface area (Å²) in [5.74, 6) is -5.29. The third-order valence-electron chi connectivity index (χ3n) is 4.61. The zero-order chi connectivity index (χ0) is 23.4. The molecule has 0 heterocycles. The van der Waals surface area contributed by atoms with Gasteiger partial charge in [-0.25, -0.2) is 13.2 Å². The highest BCUT2D eigenvalue weighted by Crippen LogP contribution is 2.16. The van der Waals surface area contributed by atoms with E-state index in [-0.39, 0.29) is 24.5 Å². The minimum absolute atomic E-state index is 0.0212. The van der Waals surface area contributed by atoms with E-state index in [1.165, 1.54) is 0 Å². The number of benzene rings is 1. The Labute approximate surface area is 182 Å². The first kappa shape index (κ1) is 26.9. The number of nitrogens with one attached hydrogen (secondary N) is 1. The molecule has 1 aromatic rings. The van der Waals surface area contributed by atoms with E-state index in [4.69, 9.17) is 4.74 Å². The van der Waals surface area contributed by atoms with Crippen LogP contribution in [0.4, 0.5) is 13.2 Å². The number of halogens is 3. The Morgan fingerprint density at radius 1 is 1.03 bits per heavy atom. The number of carboxylic acid groups (broad SMARTS) is 1. The number of ether oxygens (including phenoxy) is 1. The average Bonchev–Trinajstić information content (AvgIpc) is 2.64. The number of rotatable bonds is 15. The zero-order valence-electron chi connectivity index (χ0n) is 18.5. The highest BCUT2D eigenvalue weighted by Gasteiger charge is 2.20. The summed E-state index contributed by atoms with van der Waals surface area (Å²) in [4.78, 5) is 23.0. The van der Waals surface area contributed by atoms with Gasteiger partial charge in [-0.2, -0.15) is 0 Å². The summed E-state index contributed by atoms with van der Waals surface area (Å²) in [5.41, 5.74) is -0.0212. The molecule has 0 fully saturated rings. The molecule has 1 N–H and O–H groups in total. The molecule has 1 atom stereocenters. The molecule has 0 bridgehead atoms. The van der Waals surface area contributed by atoms with Crippen molar-refractivity contribution in [1.29, 1.82) is 0 Å². The first-order chi connectivity index (χ1) is 14.5.